The molecular weight excluding hydrogens is 240 g/mol. The summed E-state index contributed by atoms with van der Waals surface area (Å²) in [7, 11) is 1.37. The molecular formula is C12H24O6. The van der Waals surface area contributed by atoms with Crippen LogP contribution in [0.5, 0.6) is 0 Å². The average molecular weight is 264 g/mol. The fourth-order valence-electron chi connectivity index (χ4n) is 1.90. The van der Waals surface area contributed by atoms with E-state index in [0.717, 1.165) is 19.3 Å². The molecule has 0 amide bonds. The molecule has 108 valence electrons. The Morgan fingerprint density at radius 3 is 2.39 bits per heavy atom. The summed E-state index contributed by atoms with van der Waals surface area (Å²) in [6.07, 6.45) is -2.16. The SMILES string of the molecule is CCCCCOC[C@H]1OC(OC)[C@H](O)[C@@H](O)[C@@H]1O. The second-order valence-corrected chi connectivity index (χ2v) is 4.53. The third kappa shape index (κ3) is 4.15. The number of hydrogen-bond acceptors (Lipinski definition) is 6. The Morgan fingerprint density at radius 2 is 1.78 bits per heavy atom. The summed E-state index contributed by atoms with van der Waals surface area (Å²) in [6.45, 7) is 2.88. The molecule has 0 spiro atoms. The normalized spacial score (nSPS) is 36.8. The number of aliphatic hydroxyl groups excluding tert-OH is 3. The minimum absolute atomic E-state index is 0.175. The predicted molar refractivity (Wildman–Crippen MR) is 64.0 cm³/mol. The first-order valence-corrected chi connectivity index (χ1v) is 6.42. The van der Waals surface area contributed by atoms with E-state index in [1.54, 1.807) is 0 Å². The second kappa shape index (κ2) is 8.04. The van der Waals surface area contributed by atoms with Crippen molar-refractivity contribution in [3.63, 3.8) is 0 Å². The molecule has 0 bridgehead atoms. The first-order chi connectivity index (χ1) is 8.61. The predicted octanol–water partition coefficient (Wildman–Crippen LogP) is -0.353. The second-order valence-electron chi connectivity index (χ2n) is 4.53. The molecule has 5 atom stereocenters. The van der Waals surface area contributed by atoms with Gasteiger partial charge in [0.15, 0.2) is 6.29 Å². The van der Waals surface area contributed by atoms with Gasteiger partial charge >= 0.3 is 0 Å². The number of methoxy groups -OCH3 is 1. The monoisotopic (exact) mass is 264 g/mol. The third-order valence-corrected chi connectivity index (χ3v) is 3.08. The lowest BCUT2D eigenvalue weighted by atomic mass is 9.99. The zero-order chi connectivity index (χ0) is 13.5. The van der Waals surface area contributed by atoms with Crippen molar-refractivity contribution in [1.29, 1.82) is 0 Å². The average Bonchev–Trinajstić information content (AvgIpc) is 2.38. The molecule has 0 radical (unpaired) electrons. The van der Waals surface area contributed by atoms with E-state index < -0.39 is 30.7 Å². The molecule has 1 unspecified atom stereocenters. The zero-order valence-corrected chi connectivity index (χ0v) is 11.0. The van der Waals surface area contributed by atoms with Crippen LogP contribution in [-0.2, 0) is 14.2 Å². The van der Waals surface area contributed by atoms with Crippen molar-refractivity contribution in [2.45, 2.75) is 56.9 Å². The van der Waals surface area contributed by atoms with Crippen molar-refractivity contribution in [2.24, 2.45) is 0 Å². The first-order valence-electron chi connectivity index (χ1n) is 6.42. The summed E-state index contributed by atoms with van der Waals surface area (Å²) >= 11 is 0. The standard InChI is InChI=1S/C12H24O6/c1-3-4-5-6-17-7-8-9(13)10(14)11(15)12(16-2)18-8/h8-15H,3-7H2,1-2H3/t8-,9-,10+,11-,12?/m1/s1. The van der Waals surface area contributed by atoms with Crippen LogP contribution in [-0.4, -0.2) is 66.3 Å². The molecule has 6 nitrogen and oxygen atoms in total. The van der Waals surface area contributed by atoms with Gasteiger partial charge in [-0.2, -0.15) is 0 Å². The van der Waals surface area contributed by atoms with Crippen molar-refractivity contribution in [3.8, 4) is 0 Å². The molecule has 1 aliphatic heterocycles. The Balaban J connectivity index is 2.35. The molecule has 6 heteroatoms. The number of aliphatic hydroxyl groups is 3. The largest absolute Gasteiger partial charge is 0.387 e. The highest BCUT2D eigenvalue weighted by molar-refractivity contribution is 4.88. The van der Waals surface area contributed by atoms with Crippen LogP contribution in [0.25, 0.3) is 0 Å². The summed E-state index contributed by atoms with van der Waals surface area (Å²) in [5.41, 5.74) is 0. The Kier molecular flexibility index (Phi) is 7.06. The van der Waals surface area contributed by atoms with Crippen LogP contribution in [0, 0.1) is 0 Å². The Labute approximate surface area is 107 Å². The molecule has 18 heavy (non-hydrogen) atoms. The molecule has 0 saturated carbocycles. The summed E-state index contributed by atoms with van der Waals surface area (Å²) in [6, 6.07) is 0. The Bertz CT molecular complexity index is 223. The number of unbranched alkanes of at least 4 members (excludes halogenated alkanes) is 2. The van der Waals surface area contributed by atoms with E-state index in [-0.39, 0.29) is 6.61 Å². The van der Waals surface area contributed by atoms with Gasteiger partial charge in [0.05, 0.1) is 6.61 Å². The van der Waals surface area contributed by atoms with Crippen molar-refractivity contribution >= 4 is 0 Å². The molecule has 0 aromatic heterocycles. The lowest BCUT2D eigenvalue weighted by Crippen LogP contribution is -2.59. The van der Waals surface area contributed by atoms with Crippen molar-refractivity contribution in [3.05, 3.63) is 0 Å². The van der Waals surface area contributed by atoms with Gasteiger partial charge in [-0.15, -0.1) is 0 Å². The van der Waals surface area contributed by atoms with E-state index >= 15 is 0 Å². The summed E-state index contributed by atoms with van der Waals surface area (Å²) in [5, 5.41) is 29.0. The summed E-state index contributed by atoms with van der Waals surface area (Å²) in [4.78, 5) is 0. The lowest BCUT2D eigenvalue weighted by Gasteiger charge is -2.39. The van der Waals surface area contributed by atoms with Gasteiger partial charge in [0.2, 0.25) is 0 Å². The van der Waals surface area contributed by atoms with Crippen LogP contribution in [0.4, 0.5) is 0 Å². The fraction of sp³-hybridized carbons (Fsp3) is 1.00. The minimum Gasteiger partial charge on any atom is -0.387 e. The molecule has 0 aliphatic carbocycles. The zero-order valence-electron chi connectivity index (χ0n) is 11.0. The molecule has 1 saturated heterocycles. The van der Waals surface area contributed by atoms with Crippen molar-refractivity contribution in [2.75, 3.05) is 20.3 Å². The van der Waals surface area contributed by atoms with E-state index in [4.69, 9.17) is 14.2 Å². The smallest absolute Gasteiger partial charge is 0.186 e. The highest BCUT2D eigenvalue weighted by Gasteiger charge is 2.43. The van der Waals surface area contributed by atoms with Crippen LogP contribution < -0.4 is 0 Å². The molecule has 1 heterocycles. The Morgan fingerprint density at radius 1 is 1.06 bits per heavy atom. The maximum Gasteiger partial charge on any atom is 0.186 e. The van der Waals surface area contributed by atoms with Gasteiger partial charge < -0.3 is 29.5 Å². The van der Waals surface area contributed by atoms with Gasteiger partial charge in [0.1, 0.15) is 24.4 Å². The van der Waals surface area contributed by atoms with Crippen molar-refractivity contribution in [1.82, 2.24) is 0 Å². The van der Waals surface area contributed by atoms with Gasteiger partial charge in [-0.05, 0) is 6.42 Å². The van der Waals surface area contributed by atoms with E-state index in [2.05, 4.69) is 6.92 Å². The highest BCUT2D eigenvalue weighted by Crippen LogP contribution is 2.21. The van der Waals surface area contributed by atoms with Crippen LogP contribution >= 0.6 is 0 Å². The number of ether oxygens (including phenoxy) is 3. The van der Waals surface area contributed by atoms with Gasteiger partial charge in [0.25, 0.3) is 0 Å². The summed E-state index contributed by atoms with van der Waals surface area (Å²) in [5.74, 6) is 0. The number of rotatable bonds is 7. The fourth-order valence-corrected chi connectivity index (χ4v) is 1.90. The third-order valence-electron chi connectivity index (χ3n) is 3.08. The minimum atomic E-state index is -1.28. The molecule has 1 rings (SSSR count). The molecule has 1 aliphatic rings. The van der Waals surface area contributed by atoms with Crippen molar-refractivity contribution < 1.29 is 29.5 Å². The van der Waals surface area contributed by atoms with Crippen LogP contribution in [0.2, 0.25) is 0 Å². The van der Waals surface area contributed by atoms with Crippen LogP contribution in [0.1, 0.15) is 26.2 Å². The highest BCUT2D eigenvalue weighted by atomic mass is 16.7. The van der Waals surface area contributed by atoms with E-state index in [9.17, 15) is 15.3 Å². The summed E-state index contributed by atoms with van der Waals surface area (Å²) < 4.78 is 15.6. The van der Waals surface area contributed by atoms with E-state index in [0.29, 0.717) is 6.61 Å². The number of hydrogen-bond donors (Lipinski definition) is 3. The first kappa shape index (κ1) is 15.8. The van der Waals surface area contributed by atoms with Gasteiger partial charge in [0, 0.05) is 13.7 Å². The van der Waals surface area contributed by atoms with E-state index in [1.807, 2.05) is 0 Å². The van der Waals surface area contributed by atoms with Crippen LogP contribution in [0.3, 0.4) is 0 Å². The molecule has 1 fully saturated rings. The molecule has 0 aromatic carbocycles. The quantitative estimate of drug-likeness (QED) is 0.545. The van der Waals surface area contributed by atoms with E-state index in [1.165, 1.54) is 7.11 Å². The maximum atomic E-state index is 9.75. The maximum absolute atomic E-state index is 9.75. The van der Waals surface area contributed by atoms with Gasteiger partial charge in [-0.3, -0.25) is 0 Å². The topological polar surface area (TPSA) is 88.4 Å². The Hall–Kier alpha value is -0.240. The van der Waals surface area contributed by atoms with Gasteiger partial charge in [-0.25, -0.2) is 0 Å². The van der Waals surface area contributed by atoms with Crippen LogP contribution in [0.15, 0.2) is 0 Å². The molecule has 3 N–H and O–H groups in total. The lowest BCUT2D eigenvalue weighted by molar-refractivity contribution is -0.296. The molecule has 0 aromatic rings. The van der Waals surface area contributed by atoms with Gasteiger partial charge in [-0.1, -0.05) is 19.8 Å².